The molecule has 4 rings (SSSR count). The van der Waals surface area contributed by atoms with Crippen LogP contribution in [0.25, 0.3) is 0 Å². The van der Waals surface area contributed by atoms with E-state index in [0.29, 0.717) is 23.6 Å². The number of carbonyl (C=O) groups is 2. The first-order valence-corrected chi connectivity index (χ1v) is 11.5. The zero-order valence-electron chi connectivity index (χ0n) is 16.7. The van der Waals surface area contributed by atoms with Crippen molar-refractivity contribution in [2.24, 2.45) is 5.10 Å². The summed E-state index contributed by atoms with van der Waals surface area (Å²) in [5.41, 5.74) is 5.07. The quantitative estimate of drug-likeness (QED) is 0.388. The Hall–Kier alpha value is -2.84. The average molecular weight is 498 g/mol. The molecule has 2 amide bonds. The first-order chi connectivity index (χ1) is 15.0. The number of amides is 2. The number of nitrogens with zero attached hydrogens (tertiary/aromatic N) is 2. The van der Waals surface area contributed by atoms with Crippen molar-refractivity contribution < 1.29 is 14.0 Å². The third-order valence-electron chi connectivity index (χ3n) is 4.86. The Balaban J connectivity index is 1.40. The van der Waals surface area contributed by atoms with E-state index in [1.807, 2.05) is 54.3 Å². The Labute approximate surface area is 192 Å². The molecule has 1 atom stereocenters. The molecule has 1 saturated heterocycles. The van der Waals surface area contributed by atoms with E-state index in [0.717, 1.165) is 21.4 Å². The molecule has 0 spiro atoms. The maximum atomic E-state index is 12.4. The molecule has 0 radical (unpaired) electrons. The molecule has 3 aromatic rings. The van der Waals surface area contributed by atoms with Crippen LogP contribution in [-0.2, 0) is 11.3 Å². The lowest BCUT2D eigenvalue weighted by molar-refractivity contribution is -0.128. The number of rotatable bonds is 6. The minimum absolute atomic E-state index is 0.0662. The van der Waals surface area contributed by atoms with E-state index in [4.69, 9.17) is 4.42 Å². The standard InChI is InChI=1S/C23H20BrN3O3S/c1-15-20(24)11-19(30-15)12-25-26-22(29)17-7-9-18(10-8-17)23-27(21(28)14-31-23)13-16-5-3-2-4-6-16/h2-12,23H,13-14H2,1H3,(H,26,29)/b25-12-/t23-/m1/s1. The molecule has 6 nitrogen and oxygen atoms in total. The first kappa shape index (κ1) is 21.4. The van der Waals surface area contributed by atoms with Gasteiger partial charge in [-0.1, -0.05) is 42.5 Å². The van der Waals surface area contributed by atoms with Gasteiger partial charge in [-0.05, 0) is 46.1 Å². The molecule has 1 aromatic heterocycles. The van der Waals surface area contributed by atoms with Crippen molar-refractivity contribution >= 4 is 45.7 Å². The van der Waals surface area contributed by atoms with Crippen LogP contribution in [0.5, 0.6) is 0 Å². The molecule has 158 valence electrons. The van der Waals surface area contributed by atoms with Gasteiger partial charge in [-0.15, -0.1) is 11.8 Å². The van der Waals surface area contributed by atoms with Gasteiger partial charge in [-0.3, -0.25) is 9.59 Å². The van der Waals surface area contributed by atoms with Gasteiger partial charge < -0.3 is 9.32 Å². The summed E-state index contributed by atoms with van der Waals surface area (Å²) in [5.74, 6) is 1.54. The van der Waals surface area contributed by atoms with Crippen LogP contribution in [-0.4, -0.2) is 28.7 Å². The number of nitrogens with one attached hydrogen (secondary N) is 1. The summed E-state index contributed by atoms with van der Waals surface area (Å²) in [6, 6.07) is 19.0. The summed E-state index contributed by atoms with van der Waals surface area (Å²) < 4.78 is 6.30. The van der Waals surface area contributed by atoms with Crippen LogP contribution < -0.4 is 5.43 Å². The molecule has 31 heavy (non-hydrogen) atoms. The minimum atomic E-state index is -0.318. The van der Waals surface area contributed by atoms with Gasteiger partial charge in [0.2, 0.25) is 5.91 Å². The van der Waals surface area contributed by atoms with E-state index in [-0.39, 0.29) is 17.2 Å². The Morgan fingerprint density at radius 2 is 2.00 bits per heavy atom. The zero-order chi connectivity index (χ0) is 21.8. The maximum absolute atomic E-state index is 12.4. The second kappa shape index (κ2) is 9.53. The predicted molar refractivity (Wildman–Crippen MR) is 125 cm³/mol. The van der Waals surface area contributed by atoms with Gasteiger partial charge in [0.15, 0.2) is 0 Å². The summed E-state index contributed by atoms with van der Waals surface area (Å²) in [6.45, 7) is 2.40. The van der Waals surface area contributed by atoms with E-state index in [2.05, 4.69) is 26.5 Å². The van der Waals surface area contributed by atoms with Crippen LogP contribution in [0.1, 0.15) is 38.4 Å². The number of furan rings is 1. The number of thioether (sulfide) groups is 1. The van der Waals surface area contributed by atoms with Gasteiger partial charge in [0.1, 0.15) is 16.9 Å². The van der Waals surface area contributed by atoms with Gasteiger partial charge in [0, 0.05) is 18.2 Å². The molecule has 0 saturated carbocycles. The van der Waals surface area contributed by atoms with Crippen molar-refractivity contribution in [3.05, 3.63) is 93.3 Å². The molecule has 1 N–H and O–H groups in total. The van der Waals surface area contributed by atoms with Crippen molar-refractivity contribution in [2.75, 3.05) is 5.75 Å². The zero-order valence-corrected chi connectivity index (χ0v) is 19.2. The third kappa shape index (κ3) is 5.08. The normalized spacial score (nSPS) is 16.3. The molecule has 0 unspecified atom stereocenters. The fourth-order valence-electron chi connectivity index (χ4n) is 3.24. The Bertz CT molecular complexity index is 1090. The van der Waals surface area contributed by atoms with Gasteiger partial charge >= 0.3 is 0 Å². The molecule has 2 heterocycles. The number of hydrogen-bond donors (Lipinski definition) is 1. The first-order valence-electron chi connectivity index (χ1n) is 9.65. The van der Waals surface area contributed by atoms with Crippen molar-refractivity contribution in [1.29, 1.82) is 0 Å². The Morgan fingerprint density at radius 3 is 2.68 bits per heavy atom. The highest BCUT2D eigenvalue weighted by Crippen LogP contribution is 2.39. The number of hydrogen-bond acceptors (Lipinski definition) is 5. The molecule has 1 aliphatic heterocycles. The van der Waals surface area contributed by atoms with Crippen LogP contribution >= 0.6 is 27.7 Å². The van der Waals surface area contributed by atoms with Gasteiger partial charge in [-0.25, -0.2) is 5.43 Å². The van der Waals surface area contributed by atoms with Crippen molar-refractivity contribution in [1.82, 2.24) is 10.3 Å². The van der Waals surface area contributed by atoms with Crippen molar-refractivity contribution in [3.63, 3.8) is 0 Å². The molecule has 0 bridgehead atoms. The summed E-state index contributed by atoms with van der Waals surface area (Å²) in [5, 5.41) is 3.88. The van der Waals surface area contributed by atoms with Crippen LogP contribution in [0.3, 0.4) is 0 Å². The number of benzene rings is 2. The molecule has 1 fully saturated rings. The third-order valence-corrected chi connectivity index (χ3v) is 6.90. The second-order valence-electron chi connectivity index (χ2n) is 7.04. The predicted octanol–water partition coefficient (Wildman–Crippen LogP) is 4.89. The van der Waals surface area contributed by atoms with E-state index in [1.54, 1.807) is 30.0 Å². The van der Waals surface area contributed by atoms with E-state index >= 15 is 0 Å². The van der Waals surface area contributed by atoms with Crippen LogP contribution in [0.4, 0.5) is 0 Å². The van der Waals surface area contributed by atoms with Crippen molar-refractivity contribution in [3.8, 4) is 0 Å². The number of aryl methyl sites for hydroxylation is 1. The highest BCUT2D eigenvalue weighted by Gasteiger charge is 2.32. The largest absolute Gasteiger partial charge is 0.459 e. The molecule has 1 aliphatic rings. The summed E-state index contributed by atoms with van der Waals surface area (Å²) >= 11 is 4.96. The summed E-state index contributed by atoms with van der Waals surface area (Å²) in [4.78, 5) is 26.7. The molecule has 8 heteroatoms. The number of hydrazone groups is 1. The smallest absolute Gasteiger partial charge is 0.271 e. The lowest BCUT2D eigenvalue weighted by atomic mass is 10.1. The summed E-state index contributed by atoms with van der Waals surface area (Å²) in [7, 11) is 0. The summed E-state index contributed by atoms with van der Waals surface area (Å²) in [6.07, 6.45) is 1.45. The average Bonchev–Trinajstić information content (AvgIpc) is 3.30. The van der Waals surface area contributed by atoms with Gasteiger partial charge in [0.05, 0.1) is 16.4 Å². The minimum Gasteiger partial charge on any atom is -0.459 e. The molecular weight excluding hydrogens is 478 g/mol. The lowest BCUT2D eigenvalue weighted by Crippen LogP contribution is -2.27. The second-order valence-corrected chi connectivity index (χ2v) is 8.97. The maximum Gasteiger partial charge on any atom is 0.271 e. The topological polar surface area (TPSA) is 74.9 Å². The highest BCUT2D eigenvalue weighted by atomic mass is 79.9. The van der Waals surface area contributed by atoms with E-state index < -0.39 is 0 Å². The fourth-order valence-corrected chi connectivity index (χ4v) is 4.74. The van der Waals surface area contributed by atoms with Crippen LogP contribution in [0, 0.1) is 6.92 Å². The van der Waals surface area contributed by atoms with Gasteiger partial charge in [0.25, 0.3) is 5.91 Å². The Morgan fingerprint density at radius 1 is 1.26 bits per heavy atom. The van der Waals surface area contributed by atoms with E-state index in [1.165, 1.54) is 6.21 Å². The SMILES string of the molecule is Cc1oc(/C=N\NC(=O)c2ccc([C@H]3SCC(=O)N3Cc3ccccc3)cc2)cc1Br. The number of halogens is 1. The van der Waals surface area contributed by atoms with Crippen molar-refractivity contribution in [2.45, 2.75) is 18.8 Å². The van der Waals surface area contributed by atoms with E-state index in [9.17, 15) is 9.59 Å². The highest BCUT2D eigenvalue weighted by molar-refractivity contribution is 9.10. The fraction of sp³-hybridized carbons (Fsp3) is 0.174. The molecule has 2 aromatic carbocycles. The van der Waals surface area contributed by atoms with Crippen LogP contribution in [0.15, 0.2) is 74.7 Å². The van der Waals surface area contributed by atoms with Crippen LogP contribution in [0.2, 0.25) is 0 Å². The number of carbonyl (C=O) groups excluding carboxylic acids is 2. The Kier molecular flexibility index (Phi) is 6.58. The van der Waals surface area contributed by atoms with Gasteiger partial charge in [-0.2, -0.15) is 5.10 Å². The molecule has 0 aliphatic carbocycles. The lowest BCUT2D eigenvalue weighted by Gasteiger charge is -2.24. The molecular formula is C23H20BrN3O3S. The monoisotopic (exact) mass is 497 g/mol.